The van der Waals surface area contributed by atoms with E-state index in [0.29, 0.717) is 18.3 Å². The van der Waals surface area contributed by atoms with Gasteiger partial charge in [0.05, 0.1) is 18.1 Å². The van der Waals surface area contributed by atoms with Crippen molar-refractivity contribution in [2.45, 2.75) is 51.2 Å². The molecule has 1 atom stereocenters. The highest BCUT2D eigenvalue weighted by Gasteiger charge is 2.30. The molecule has 1 saturated heterocycles. The number of nitrogens with one attached hydrogen (secondary N) is 1. The minimum atomic E-state index is -0.621. The number of piperidine rings is 1. The van der Waals surface area contributed by atoms with Crippen molar-refractivity contribution in [3.8, 4) is 0 Å². The highest BCUT2D eigenvalue weighted by atomic mass is 35.5. The van der Waals surface area contributed by atoms with Crippen LogP contribution in [0, 0.1) is 0 Å². The second-order valence-electron chi connectivity index (χ2n) is 5.83. The number of rotatable bonds is 4. The van der Waals surface area contributed by atoms with Crippen LogP contribution < -0.4 is 11.1 Å². The average molecular weight is 318 g/mol. The third-order valence-corrected chi connectivity index (χ3v) is 3.55. The molecule has 0 aromatic carbocycles. The highest BCUT2D eigenvalue weighted by Crippen LogP contribution is 2.20. The molecule has 2 rings (SSSR count). The molecular weight excluding hydrogens is 294 g/mol. The lowest BCUT2D eigenvalue weighted by molar-refractivity contribution is -0.127. The molecule has 0 spiro atoms. The largest absolute Gasteiger partial charge is 0.358 e. The van der Waals surface area contributed by atoms with E-state index in [1.54, 1.807) is 7.05 Å². The van der Waals surface area contributed by atoms with Gasteiger partial charge in [0, 0.05) is 7.05 Å². The van der Waals surface area contributed by atoms with Gasteiger partial charge < -0.3 is 15.6 Å². The van der Waals surface area contributed by atoms with E-state index in [0.717, 1.165) is 25.8 Å². The molecule has 2 heterocycles. The summed E-state index contributed by atoms with van der Waals surface area (Å²) in [5.74, 6) is 1.04. The van der Waals surface area contributed by atoms with Gasteiger partial charge in [0.2, 0.25) is 11.8 Å². The van der Waals surface area contributed by atoms with Crippen LogP contribution in [0.15, 0.2) is 4.52 Å². The van der Waals surface area contributed by atoms with E-state index in [9.17, 15) is 4.79 Å². The topological polar surface area (TPSA) is 97.3 Å². The predicted octanol–water partition coefficient (Wildman–Crippen LogP) is 0.786. The zero-order valence-electron chi connectivity index (χ0n) is 12.8. The third kappa shape index (κ3) is 4.39. The Morgan fingerprint density at radius 3 is 2.81 bits per heavy atom. The van der Waals surface area contributed by atoms with Gasteiger partial charge in [-0.3, -0.25) is 9.69 Å². The summed E-state index contributed by atoms with van der Waals surface area (Å²) in [4.78, 5) is 18.3. The maximum atomic E-state index is 11.9. The van der Waals surface area contributed by atoms with Gasteiger partial charge in [-0.25, -0.2) is 0 Å². The lowest BCUT2D eigenvalue weighted by atomic mass is 10.0. The van der Waals surface area contributed by atoms with Gasteiger partial charge >= 0.3 is 0 Å². The molecule has 0 bridgehead atoms. The molecular formula is C13H24ClN5O2. The maximum absolute atomic E-state index is 11.9. The van der Waals surface area contributed by atoms with Crippen LogP contribution in [0.4, 0.5) is 0 Å². The van der Waals surface area contributed by atoms with Crippen molar-refractivity contribution in [3.63, 3.8) is 0 Å². The Kier molecular flexibility index (Phi) is 6.12. The van der Waals surface area contributed by atoms with Crippen molar-refractivity contribution in [3.05, 3.63) is 11.7 Å². The Morgan fingerprint density at radius 1 is 1.52 bits per heavy atom. The van der Waals surface area contributed by atoms with E-state index in [1.807, 2.05) is 13.8 Å². The summed E-state index contributed by atoms with van der Waals surface area (Å²) in [5, 5.41) is 6.62. The van der Waals surface area contributed by atoms with Crippen LogP contribution in [-0.2, 0) is 16.9 Å². The third-order valence-electron chi connectivity index (χ3n) is 3.55. The number of carbonyl (C=O) groups excluding carboxylic acids is 1. The van der Waals surface area contributed by atoms with Gasteiger partial charge in [-0.1, -0.05) is 11.6 Å². The fraction of sp³-hybridized carbons (Fsp3) is 0.769. The number of likely N-dealkylation sites (N-methyl/N-ethyl adjacent to an activating group) is 1. The Hall–Kier alpha value is -1.18. The number of amides is 1. The van der Waals surface area contributed by atoms with Crippen molar-refractivity contribution < 1.29 is 9.32 Å². The minimum Gasteiger partial charge on any atom is -0.358 e. The van der Waals surface area contributed by atoms with Crippen LogP contribution in [0.1, 0.15) is 44.8 Å². The monoisotopic (exact) mass is 317 g/mol. The first-order valence-corrected chi connectivity index (χ1v) is 6.99. The number of hydrogen-bond acceptors (Lipinski definition) is 6. The summed E-state index contributed by atoms with van der Waals surface area (Å²) in [6.45, 7) is 5.01. The van der Waals surface area contributed by atoms with Crippen LogP contribution in [0.5, 0.6) is 0 Å². The molecule has 0 saturated carbocycles. The molecule has 1 aliphatic heterocycles. The van der Waals surface area contributed by atoms with Gasteiger partial charge in [0.25, 0.3) is 0 Å². The van der Waals surface area contributed by atoms with Crippen molar-refractivity contribution in [1.82, 2.24) is 20.4 Å². The predicted molar refractivity (Wildman–Crippen MR) is 80.9 cm³/mol. The fourth-order valence-corrected chi connectivity index (χ4v) is 2.40. The quantitative estimate of drug-likeness (QED) is 0.852. The van der Waals surface area contributed by atoms with Crippen LogP contribution in [0.25, 0.3) is 0 Å². The summed E-state index contributed by atoms with van der Waals surface area (Å²) in [6, 6.07) is -0.116. The lowest BCUT2D eigenvalue weighted by Gasteiger charge is -2.33. The average Bonchev–Trinajstić information content (AvgIpc) is 2.87. The summed E-state index contributed by atoms with van der Waals surface area (Å²) < 4.78 is 5.24. The Balaban J connectivity index is 0.00000220. The van der Waals surface area contributed by atoms with Gasteiger partial charge in [0.15, 0.2) is 5.82 Å². The standard InChI is InChI=1S/C13H23N5O2.ClH/c1-13(2,14)12-16-10(20-17-12)8-18-7-5-4-6-9(18)11(19)15-3;/h9H,4-8,14H2,1-3H3,(H,15,19);1H. The molecule has 1 aromatic heterocycles. The van der Waals surface area contributed by atoms with E-state index < -0.39 is 5.54 Å². The number of hydrogen-bond donors (Lipinski definition) is 2. The van der Waals surface area contributed by atoms with Crippen LogP contribution in [0.2, 0.25) is 0 Å². The van der Waals surface area contributed by atoms with Gasteiger partial charge in [-0.2, -0.15) is 4.98 Å². The van der Waals surface area contributed by atoms with Crippen molar-refractivity contribution in [2.24, 2.45) is 5.73 Å². The van der Waals surface area contributed by atoms with Crippen LogP contribution in [0.3, 0.4) is 0 Å². The zero-order valence-corrected chi connectivity index (χ0v) is 13.6. The molecule has 0 radical (unpaired) electrons. The van der Waals surface area contributed by atoms with Gasteiger partial charge in [-0.15, -0.1) is 12.4 Å². The van der Waals surface area contributed by atoms with E-state index >= 15 is 0 Å². The molecule has 0 aliphatic carbocycles. The molecule has 8 heteroatoms. The molecule has 7 nitrogen and oxygen atoms in total. The van der Waals surface area contributed by atoms with E-state index in [2.05, 4.69) is 20.4 Å². The SMILES string of the molecule is CNC(=O)C1CCCCN1Cc1nc(C(C)(C)N)no1.Cl. The first kappa shape index (κ1) is 17.9. The van der Waals surface area contributed by atoms with E-state index in [4.69, 9.17) is 10.3 Å². The Morgan fingerprint density at radius 2 is 2.24 bits per heavy atom. The number of nitrogens with zero attached hydrogens (tertiary/aromatic N) is 3. The van der Waals surface area contributed by atoms with Crippen LogP contribution in [-0.4, -0.2) is 40.6 Å². The zero-order chi connectivity index (χ0) is 14.8. The number of nitrogens with two attached hydrogens (primary N) is 1. The molecule has 3 N–H and O–H groups in total. The van der Waals surface area contributed by atoms with Crippen molar-refractivity contribution in [2.75, 3.05) is 13.6 Å². The molecule has 120 valence electrons. The Bertz CT molecular complexity index is 471. The van der Waals surface area contributed by atoms with Crippen molar-refractivity contribution in [1.29, 1.82) is 0 Å². The number of aromatic nitrogens is 2. The maximum Gasteiger partial charge on any atom is 0.240 e. The molecule has 1 aliphatic rings. The second kappa shape index (κ2) is 7.20. The molecule has 1 unspecified atom stereocenters. The molecule has 21 heavy (non-hydrogen) atoms. The molecule has 1 fully saturated rings. The Labute approximate surface area is 131 Å². The number of likely N-dealkylation sites (tertiary alicyclic amines) is 1. The van der Waals surface area contributed by atoms with Gasteiger partial charge in [0.1, 0.15) is 0 Å². The summed E-state index contributed by atoms with van der Waals surface area (Å²) in [7, 11) is 1.66. The van der Waals surface area contributed by atoms with E-state index in [-0.39, 0.29) is 24.4 Å². The highest BCUT2D eigenvalue weighted by molar-refractivity contribution is 5.85. The van der Waals surface area contributed by atoms with Gasteiger partial charge in [-0.05, 0) is 33.2 Å². The summed E-state index contributed by atoms with van der Waals surface area (Å²) in [6.07, 6.45) is 3.01. The minimum absolute atomic E-state index is 0. The van der Waals surface area contributed by atoms with Crippen LogP contribution >= 0.6 is 12.4 Å². The number of halogens is 1. The fourth-order valence-electron chi connectivity index (χ4n) is 2.40. The lowest BCUT2D eigenvalue weighted by Crippen LogP contribution is -2.48. The number of carbonyl (C=O) groups is 1. The van der Waals surface area contributed by atoms with E-state index in [1.165, 1.54) is 0 Å². The first-order valence-electron chi connectivity index (χ1n) is 6.99. The summed E-state index contributed by atoms with van der Waals surface area (Å²) in [5.41, 5.74) is 5.32. The molecule has 1 aromatic rings. The molecule has 1 amide bonds. The normalized spacial score (nSPS) is 19.9. The second-order valence-corrected chi connectivity index (χ2v) is 5.83. The smallest absolute Gasteiger partial charge is 0.240 e. The van der Waals surface area contributed by atoms with Crippen molar-refractivity contribution >= 4 is 18.3 Å². The summed E-state index contributed by atoms with van der Waals surface area (Å²) >= 11 is 0. The first-order chi connectivity index (χ1) is 9.41.